The van der Waals surface area contributed by atoms with Gasteiger partial charge in [0.05, 0.1) is 36.2 Å². The van der Waals surface area contributed by atoms with Crippen LogP contribution in [0.25, 0.3) is 0 Å². The molecule has 45 heavy (non-hydrogen) atoms. The van der Waals surface area contributed by atoms with Gasteiger partial charge in [-0.25, -0.2) is 14.6 Å². The topological polar surface area (TPSA) is 101 Å². The molecule has 1 aromatic heterocycles. The molecule has 4 aromatic rings. The minimum Gasteiger partial charge on any atom is -0.459 e. The number of benzene rings is 3. The zero-order valence-corrected chi connectivity index (χ0v) is 26.2. The smallest absolute Gasteiger partial charge is 0.340 e. The Bertz CT molecular complexity index is 1570. The molecule has 1 atom stereocenters. The number of esters is 2. The summed E-state index contributed by atoms with van der Waals surface area (Å²) in [5, 5.41) is 3.43. The molecule has 236 valence electrons. The lowest BCUT2D eigenvalue weighted by atomic mass is 10.1. The summed E-state index contributed by atoms with van der Waals surface area (Å²) in [5.41, 5.74) is 4.60. The second kappa shape index (κ2) is 15.0. The second-order valence-electron chi connectivity index (χ2n) is 11.6. The monoisotopic (exact) mass is 611 g/mol. The molecule has 0 radical (unpaired) electrons. The number of carbonyl (C=O) groups excluding carboxylic acids is 2. The van der Waals surface area contributed by atoms with Crippen LogP contribution in [0.1, 0.15) is 77.0 Å². The van der Waals surface area contributed by atoms with Crippen LogP contribution in [0.4, 0.5) is 5.69 Å². The van der Waals surface area contributed by atoms with Crippen molar-refractivity contribution in [3.05, 3.63) is 119 Å². The minimum atomic E-state index is -0.659. The number of carbonyl (C=O) groups is 2. The number of ether oxygens (including phenoxy) is 4. The lowest BCUT2D eigenvalue weighted by Gasteiger charge is -2.17. The Kier molecular flexibility index (Phi) is 10.7. The standard InChI is InChI=1S/C36H41N3O6/c1-4-5-15-33-38-21-29(20-37-32-14-10-9-13-31(32)35(41)42-23-27-11-7-6-8-12-27)39(33)22-26-16-18-28(19-17-26)34(40)43-24-30-25-44-36(2,3)45-30/h6-14,16-19,21,30,37H,4-5,15,20,22-25H2,1-3H3. The third kappa shape index (κ3) is 8.80. The van der Waals surface area contributed by atoms with Crippen molar-refractivity contribution < 1.29 is 28.5 Å². The fourth-order valence-electron chi connectivity index (χ4n) is 5.15. The van der Waals surface area contributed by atoms with Crippen LogP contribution in [0.3, 0.4) is 0 Å². The summed E-state index contributed by atoms with van der Waals surface area (Å²) in [6, 6.07) is 24.4. The normalized spacial score (nSPS) is 15.5. The molecule has 1 N–H and O–H groups in total. The van der Waals surface area contributed by atoms with Crippen molar-refractivity contribution in [3.8, 4) is 0 Å². The number of aromatic nitrogens is 2. The van der Waals surface area contributed by atoms with Crippen LogP contribution < -0.4 is 5.32 Å². The Morgan fingerprint density at radius 2 is 1.71 bits per heavy atom. The highest BCUT2D eigenvalue weighted by Gasteiger charge is 2.33. The molecule has 0 spiro atoms. The molecule has 0 amide bonds. The van der Waals surface area contributed by atoms with Gasteiger partial charge in [0.15, 0.2) is 5.79 Å². The molecule has 3 aromatic carbocycles. The number of hydrogen-bond acceptors (Lipinski definition) is 8. The van der Waals surface area contributed by atoms with Crippen molar-refractivity contribution in [1.82, 2.24) is 9.55 Å². The highest BCUT2D eigenvalue weighted by Crippen LogP contribution is 2.23. The van der Waals surface area contributed by atoms with Crippen LogP contribution >= 0.6 is 0 Å². The molecule has 1 saturated heterocycles. The van der Waals surface area contributed by atoms with Crippen LogP contribution in [0, 0.1) is 0 Å². The van der Waals surface area contributed by atoms with Crippen LogP contribution in [0.5, 0.6) is 0 Å². The maximum atomic E-state index is 13.0. The zero-order valence-electron chi connectivity index (χ0n) is 26.2. The number of nitrogens with one attached hydrogen (secondary N) is 1. The third-order valence-electron chi connectivity index (χ3n) is 7.59. The van der Waals surface area contributed by atoms with Gasteiger partial charge in [0, 0.05) is 18.7 Å². The van der Waals surface area contributed by atoms with Crippen LogP contribution in [0.15, 0.2) is 85.1 Å². The molecule has 2 heterocycles. The number of nitrogens with zero attached hydrogens (tertiary/aromatic N) is 2. The van der Waals surface area contributed by atoms with Gasteiger partial charge >= 0.3 is 11.9 Å². The van der Waals surface area contributed by atoms with E-state index in [0.717, 1.165) is 41.9 Å². The maximum Gasteiger partial charge on any atom is 0.340 e. The van der Waals surface area contributed by atoms with Gasteiger partial charge in [-0.05, 0) is 55.7 Å². The second-order valence-corrected chi connectivity index (χ2v) is 11.6. The van der Waals surface area contributed by atoms with Gasteiger partial charge in [0.1, 0.15) is 25.1 Å². The van der Waals surface area contributed by atoms with E-state index in [1.54, 1.807) is 18.2 Å². The quantitative estimate of drug-likeness (QED) is 0.160. The fourth-order valence-corrected chi connectivity index (χ4v) is 5.15. The Morgan fingerprint density at radius 1 is 0.956 bits per heavy atom. The Morgan fingerprint density at radius 3 is 2.44 bits per heavy atom. The van der Waals surface area contributed by atoms with Crippen molar-refractivity contribution in [2.75, 3.05) is 18.5 Å². The van der Waals surface area contributed by atoms with Crippen molar-refractivity contribution in [2.45, 2.75) is 71.6 Å². The molecule has 5 rings (SSSR count). The maximum absolute atomic E-state index is 13.0. The van der Waals surface area contributed by atoms with Crippen LogP contribution in [-0.4, -0.2) is 46.6 Å². The van der Waals surface area contributed by atoms with E-state index in [1.807, 2.05) is 80.7 Å². The molecule has 1 fully saturated rings. The summed E-state index contributed by atoms with van der Waals surface area (Å²) >= 11 is 0. The Balaban J connectivity index is 1.23. The number of anilines is 1. The lowest BCUT2D eigenvalue weighted by molar-refractivity contribution is -0.142. The first-order chi connectivity index (χ1) is 21.8. The third-order valence-corrected chi connectivity index (χ3v) is 7.59. The summed E-state index contributed by atoms with van der Waals surface area (Å²) in [6.45, 7) is 7.65. The van der Waals surface area contributed by atoms with Gasteiger partial charge in [-0.3, -0.25) is 0 Å². The van der Waals surface area contributed by atoms with E-state index in [1.165, 1.54) is 0 Å². The number of aryl methyl sites for hydroxylation is 1. The average Bonchev–Trinajstić information content (AvgIpc) is 3.62. The number of rotatable bonds is 14. The van der Waals surface area contributed by atoms with Crippen LogP contribution in [-0.2, 0) is 45.1 Å². The van der Waals surface area contributed by atoms with Gasteiger partial charge < -0.3 is 28.8 Å². The van der Waals surface area contributed by atoms with E-state index in [2.05, 4.69) is 16.8 Å². The molecular formula is C36H41N3O6. The van der Waals surface area contributed by atoms with E-state index in [4.69, 9.17) is 23.9 Å². The molecule has 0 aliphatic carbocycles. The van der Waals surface area contributed by atoms with E-state index < -0.39 is 11.8 Å². The number of imidazole rings is 1. The lowest BCUT2D eigenvalue weighted by Crippen LogP contribution is -2.25. The predicted molar refractivity (Wildman–Crippen MR) is 171 cm³/mol. The SMILES string of the molecule is CCCCc1ncc(CNc2ccccc2C(=O)OCc2ccccc2)n1Cc1ccc(C(=O)OCC2COC(C)(C)O2)cc1. The number of unbranched alkanes of at least 4 members (excludes halogenated alkanes) is 1. The highest BCUT2D eigenvalue weighted by atomic mass is 16.7. The van der Waals surface area contributed by atoms with Gasteiger partial charge in [-0.2, -0.15) is 0 Å². The predicted octanol–water partition coefficient (Wildman–Crippen LogP) is 6.55. The van der Waals surface area contributed by atoms with E-state index in [-0.39, 0.29) is 25.3 Å². The molecule has 0 saturated carbocycles. The molecule has 9 heteroatoms. The van der Waals surface area contributed by atoms with E-state index >= 15 is 0 Å². The van der Waals surface area contributed by atoms with Gasteiger partial charge in [0.2, 0.25) is 0 Å². The number of para-hydroxylation sites is 1. The average molecular weight is 612 g/mol. The van der Waals surface area contributed by atoms with Crippen molar-refractivity contribution in [3.63, 3.8) is 0 Å². The Labute approximate surface area is 264 Å². The summed E-state index contributed by atoms with van der Waals surface area (Å²) in [4.78, 5) is 30.4. The fraction of sp³-hybridized carbons (Fsp3) is 0.361. The van der Waals surface area contributed by atoms with Crippen LogP contribution in [0.2, 0.25) is 0 Å². The first kappa shape index (κ1) is 31.9. The molecule has 9 nitrogen and oxygen atoms in total. The molecule has 1 aliphatic heterocycles. The summed E-state index contributed by atoms with van der Waals surface area (Å²) < 4.78 is 24.5. The van der Waals surface area contributed by atoms with Gasteiger partial charge in [0.25, 0.3) is 0 Å². The molecular weight excluding hydrogens is 570 g/mol. The van der Waals surface area contributed by atoms with Crippen molar-refractivity contribution in [2.24, 2.45) is 0 Å². The summed E-state index contributed by atoms with van der Waals surface area (Å²) in [6.07, 6.45) is 4.55. The van der Waals surface area contributed by atoms with Crippen molar-refractivity contribution in [1.29, 1.82) is 0 Å². The summed E-state index contributed by atoms with van der Waals surface area (Å²) in [5.74, 6) is -0.444. The first-order valence-electron chi connectivity index (χ1n) is 15.5. The molecule has 0 bridgehead atoms. The van der Waals surface area contributed by atoms with Gasteiger partial charge in [-0.15, -0.1) is 0 Å². The molecule has 1 aliphatic rings. The highest BCUT2D eigenvalue weighted by molar-refractivity contribution is 5.95. The van der Waals surface area contributed by atoms with Gasteiger partial charge in [-0.1, -0.05) is 67.9 Å². The minimum absolute atomic E-state index is 0.143. The molecule has 1 unspecified atom stereocenters. The number of hydrogen-bond donors (Lipinski definition) is 1. The summed E-state index contributed by atoms with van der Waals surface area (Å²) in [7, 11) is 0. The largest absolute Gasteiger partial charge is 0.459 e. The van der Waals surface area contributed by atoms with E-state index in [0.29, 0.717) is 36.5 Å². The Hall–Kier alpha value is -4.47. The zero-order chi connectivity index (χ0) is 31.6. The first-order valence-corrected chi connectivity index (χ1v) is 15.5. The van der Waals surface area contributed by atoms with E-state index in [9.17, 15) is 9.59 Å². The van der Waals surface area contributed by atoms with Crippen molar-refractivity contribution >= 4 is 17.6 Å².